The molecular formula is C13H16N4O. The van der Waals surface area contributed by atoms with Gasteiger partial charge in [0.2, 0.25) is 0 Å². The number of aromatic nitrogens is 2. The maximum atomic E-state index is 12.1. The van der Waals surface area contributed by atoms with Crippen molar-refractivity contribution in [3.63, 3.8) is 0 Å². The van der Waals surface area contributed by atoms with Gasteiger partial charge in [0.25, 0.3) is 5.91 Å². The van der Waals surface area contributed by atoms with Gasteiger partial charge in [0.15, 0.2) is 0 Å². The Balaban J connectivity index is 2.22. The fourth-order valence-corrected chi connectivity index (χ4v) is 1.80. The van der Waals surface area contributed by atoms with Gasteiger partial charge in [-0.1, -0.05) is 12.1 Å². The highest BCUT2D eigenvalue weighted by molar-refractivity contribution is 6.08. The number of benzene rings is 1. The third kappa shape index (κ3) is 2.34. The molecule has 0 atom stereocenters. The molecule has 0 bridgehead atoms. The standard InChI is InChI=1S/C13H16N4O/c1-3-17-8-10(7-15-17)16-13(18)12-9(2)5-4-6-11(12)14/h4-8H,3,14H2,1-2H3,(H,16,18). The van der Waals surface area contributed by atoms with E-state index in [2.05, 4.69) is 10.4 Å². The number of hydrogen-bond donors (Lipinski definition) is 2. The Labute approximate surface area is 106 Å². The van der Waals surface area contributed by atoms with Crippen molar-refractivity contribution in [1.29, 1.82) is 0 Å². The van der Waals surface area contributed by atoms with E-state index in [0.717, 1.165) is 12.1 Å². The van der Waals surface area contributed by atoms with Gasteiger partial charge in [-0.05, 0) is 25.5 Å². The van der Waals surface area contributed by atoms with Crippen molar-refractivity contribution in [2.75, 3.05) is 11.1 Å². The van der Waals surface area contributed by atoms with E-state index in [1.807, 2.05) is 26.0 Å². The van der Waals surface area contributed by atoms with Crippen molar-refractivity contribution in [3.8, 4) is 0 Å². The van der Waals surface area contributed by atoms with E-state index in [1.54, 1.807) is 23.1 Å². The number of nitrogens with zero attached hydrogens (tertiary/aromatic N) is 2. The van der Waals surface area contributed by atoms with Gasteiger partial charge in [-0.25, -0.2) is 0 Å². The Morgan fingerprint density at radius 1 is 1.50 bits per heavy atom. The number of amides is 1. The van der Waals surface area contributed by atoms with Gasteiger partial charge in [-0.3, -0.25) is 9.48 Å². The molecule has 0 saturated carbocycles. The largest absolute Gasteiger partial charge is 0.398 e. The highest BCUT2D eigenvalue weighted by Crippen LogP contribution is 2.18. The molecule has 0 radical (unpaired) electrons. The van der Waals surface area contributed by atoms with E-state index in [9.17, 15) is 4.79 Å². The number of anilines is 2. The number of nitrogens with two attached hydrogens (primary N) is 1. The van der Waals surface area contributed by atoms with E-state index >= 15 is 0 Å². The third-order valence-corrected chi connectivity index (χ3v) is 2.75. The van der Waals surface area contributed by atoms with E-state index in [4.69, 9.17) is 5.73 Å². The average molecular weight is 244 g/mol. The molecule has 18 heavy (non-hydrogen) atoms. The molecule has 0 aliphatic carbocycles. The lowest BCUT2D eigenvalue weighted by molar-refractivity contribution is 0.102. The average Bonchev–Trinajstić information content (AvgIpc) is 2.76. The lowest BCUT2D eigenvalue weighted by Crippen LogP contribution is -2.15. The van der Waals surface area contributed by atoms with Gasteiger partial charge >= 0.3 is 0 Å². The first-order valence-corrected chi connectivity index (χ1v) is 5.80. The van der Waals surface area contributed by atoms with Crippen LogP contribution in [0.1, 0.15) is 22.8 Å². The topological polar surface area (TPSA) is 72.9 Å². The van der Waals surface area contributed by atoms with Gasteiger partial charge < -0.3 is 11.1 Å². The lowest BCUT2D eigenvalue weighted by atomic mass is 10.1. The highest BCUT2D eigenvalue weighted by atomic mass is 16.1. The molecule has 0 saturated heterocycles. The predicted octanol–water partition coefficient (Wildman–Crippen LogP) is 2.05. The molecule has 0 spiro atoms. The molecular weight excluding hydrogens is 228 g/mol. The van der Waals surface area contributed by atoms with Crippen molar-refractivity contribution in [2.45, 2.75) is 20.4 Å². The first-order chi connectivity index (χ1) is 8.61. The van der Waals surface area contributed by atoms with E-state index in [1.165, 1.54) is 0 Å². The predicted molar refractivity (Wildman–Crippen MR) is 71.4 cm³/mol. The van der Waals surface area contributed by atoms with E-state index in [0.29, 0.717) is 16.9 Å². The van der Waals surface area contributed by atoms with Crippen molar-refractivity contribution >= 4 is 17.3 Å². The summed E-state index contributed by atoms with van der Waals surface area (Å²) in [6.07, 6.45) is 3.40. The van der Waals surface area contributed by atoms with Crippen LogP contribution in [0.4, 0.5) is 11.4 Å². The van der Waals surface area contributed by atoms with Crippen LogP contribution in [0.15, 0.2) is 30.6 Å². The van der Waals surface area contributed by atoms with Gasteiger partial charge in [0.05, 0.1) is 17.4 Å². The molecule has 1 aromatic carbocycles. The lowest BCUT2D eigenvalue weighted by Gasteiger charge is -2.08. The minimum Gasteiger partial charge on any atom is -0.398 e. The first kappa shape index (κ1) is 12.2. The number of carbonyl (C=O) groups is 1. The Bertz CT molecular complexity index is 554. The number of hydrogen-bond acceptors (Lipinski definition) is 3. The molecule has 5 heteroatoms. The fraction of sp³-hybridized carbons (Fsp3) is 0.231. The maximum Gasteiger partial charge on any atom is 0.258 e. The second-order valence-corrected chi connectivity index (χ2v) is 4.08. The Hall–Kier alpha value is -2.30. The normalized spacial score (nSPS) is 10.3. The third-order valence-electron chi connectivity index (χ3n) is 2.75. The molecule has 5 nitrogen and oxygen atoms in total. The zero-order valence-corrected chi connectivity index (χ0v) is 10.5. The van der Waals surface area contributed by atoms with Crippen molar-refractivity contribution in [2.24, 2.45) is 0 Å². The van der Waals surface area contributed by atoms with Gasteiger partial charge in [0.1, 0.15) is 0 Å². The second kappa shape index (κ2) is 4.91. The highest BCUT2D eigenvalue weighted by Gasteiger charge is 2.13. The molecule has 0 aliphatic rings. The van der Waals surface area contributed by atoms with Crippen molar-refractivity contribution < 1.29 is 4.79 Å². The molecule has 1 heterocycles. The summed E-state index contributed by atoms with van der Waals surface area (Å²) in [4.78, 5) is 12.1. The number of nitrogen functional groups attached to an aromatic ring is 1. The molecule has 2 aromatic rings. The van der Waals surface area contributed by atoms with Crippen LogP contribution in [-0.2, 0) is 6.54 Å². The molecule has 0 unspecified atom stereocenters. The quantitative estimate of drug-likeness (QED) is 0.811. The summed E-state index contributed by atoms with van der Waals surface area (Å²) in [5, 5.41) is 6.89. The number of nitrogens with one attached hydrogen (secondary N) is 1. The molecule has 0 fully saturated rings. The number of rotatable bonds is 3. The maximum absolute atomic E-state index is 12.1. The molecule has 1 aromatic heterocycles. The minimum atomic E-state index is -0.207. The van der Waals surface area contributed by atoms with Crippen LogP contribution < -0.4 is 11.1 Å². The minimum absolute atomic E-state index is 0.207. The molecule has 3 N–H and O–H groups in total. The summed E-state index contributed by atoms with van der Waals surface area (Å²) >= 11 is 0. The Kier molecular flexibility index (Phi) is 3.32. The second-order valence-electron chi connectivity index (χ2n) is 4.08. The van der Waals surface area contributed by atoms with Crippen LogP contribution in [-0.4, -0.2) is 15.7 Å². The van der Waals surface area contributed by atoms with Crippen LogP contribution in [0, 0.1) is 6.92 Å². The van der Waals surface area contributed by atoms with E-state index < -0.39 is 0 Å². The molecule has 0 aliphatic heterocycles. The first-order valence-electron chi connectivity index (χ1n) is 5.80. The smallest absolute Gasteiger partial charge is 0.258 e. The van der Waals surface area contributed by atoms with Crippen LogP contribution >= 0.6 is 0 Å². The summed E-state index contributed by atoms with van der Waals surface area (Å²) in [5.74, 6) is -0.207. The zero-order chi connectivity index (χ0) is 13.1. The summed E-state index contributed by atoms with van der Waals surface area (Å²) in [6.45, 7) is 4.61. The van der Waals surface area contributed by atoms with Gasteiger partial charge in [-0.15, -0.1) is 0 Å². The van der Waals surface area contributed by atoms with Crippen LogP contribution in [0.3, 0.4) is 0 Å². The zero-order valence-electron chi connectivity index (χ0n) is 10.5. The fourth-order valence-electron chi connectivity index (χ4n) is 1.80. The SMILES string of the molecule is CCn1cc(NC(=O)c2c(C)cccc2N)cn1. The van der Waals surface area contributed by atoms with Crippen LogP contribution in [0.5, 0.6) is 0 Å². The number of aryl methyl sites for hydroxylation is 2. The van der Waals surface area contributed by atoms with Gasteiger partial charge in [0, 0.05) is 18.4 Å². The summed E-state index contributed by atoms with van der Waals surface area (Å²) in [7, 11) is 0. The van der Waals surface area contributed by atoms with Gasteiger partial charge in [-0.2, -0.15) is 5.10 Å². The monoisotopic (exact) mass is 244 g/mol. The van der Waals surface area contributed by atoms with E-state index in [-0.39, 0.29) is 5.91 Å². The summed E-state index contributed by atoms with van der Waals surface area (Å²) in [5.41, 5.74) is 8.35. The molecule has 1 amide bonds. The molecule has 94 valence electrons. The van der Waals surface area contributed by atoms with Crippen molar-refractivity contribution in [3.05, 3.63) is 41.7 Å². The van der Waals surface area contributed by atoms with Crippen molar-refractivity contribution in [1.82, 2.24) is 9.78 Å². The molecule has 2 rings (SSSR count). The van der Waals surface area contributed by atoms with Crippen LogP contribution in [0.25, 0.3) is 0 Å². The summed E-state index contributed by atoms with van der Waals surface area (Å²) < 4.78 is 1.75. The Morgan fingerprint density at radius 2 is 2.28 bits per heavy atom. The Morgan fingerprint density at radius 3 is 2.89 bits per heavy atom. The summed E-state index contributed by atoms with van der Waals surface area (Å²) in [6, 6.07) is 5.41. The van der Waals surface area contributed by atoms with Crippen LogP contribution in [0.2, 0.25) is 0 Å². The number of carbonyl (C=O) groups excluding carboxylic acids is 1.